The summed E-state index contributed by atoms with van der Waals surface area (Å²) in [5, 5.41) is 7.57. The second-order valence-corrected chi connectivity index (χ2v) is 8.27. The quantitative estimate of drug-likeness (QED) is 0.434. The maximum Gasteiger partial charge on any atom is 0.311 e. The van der Waals surface area contributed by atoms with Crippen LogP contribution in [0.4, 0.5) is 5.13 Å². The van der Waals surface area contributed by atoms with Crippen molar-refractivity contribution in [3.8, 4) is 0 Å². The van der Waals surface area contributed by atoms with Crippen LogP contribution >= 0.6 is 22.7 Å². The largest absolute Gasteiger partial charge is 0.466 e. The fourth-order valence-electron chi connectivity index (χ4n) is 2.66. The van der Waals surface area contributed by atoms with Gasteiger partial charge in [0.15, 0.2) is 5.13 Å². The molecule has 1 amide bonds. The van der Waals surface area contributed by atoms with Crippen LogP contribution < -0.4 is 5.32 Å². The second-order valence-electron chi connectivity index (χ2n) is 6.47. The molecule has 162 valence electrons. The number of nitrogens with zero attached hydrogens (tertiary/aromatic N) is 4. The summed E-state index contributed by atoms with van der Waals surface area (Å²) in [6.45, 7) is 2.12. The highest BCUT2D eigenvalue weighted by Gasteiger charge is 2.13. The molecular formula is C20H21N5O4S2. The van der Waals surface area contributed by atoms with Crippen molar-refractivity contribution >= 4 is 45.5 Å². The molecule has 31 heavy (non-hydrogen) atoms. The third-order valence-electron chi connectivity index (χ3n) is 4.02. The molecule has 11 heteroatoms. The monoisotopic (exact) mass is 459 g/mol. The number of hydrogen-bond donors (Lipinski definition) is 1. The van der Waals surface area contributed by atoms with Crippen LogP contribution in [0.25, 0.3) is 0 Å². The first-order chi connectivity index (χ1) is 15.0. The van der Waals surface area contributed by atoms with Crippen LogP contribution in [-0.2, 0) is 33.6 Å². The summed E-state index contributed by atoms with van der Waals surface area (Å²) in [4.78, 5) is 52.3. The third kappa shape index (κ3) is 7.30. The van der Waals surface area contributed by atoms with E-state index in [1.54, 1.807) is 12.3 Å². The molecule has 3 aromatic rings. The van der Waals surface area contributed by atoms with Gasteiger partial charge in [0.2, 0.25) is 0 Å². The number of esters is 1. The van der Waals surface area contributed by atoms with E-state index in [1.165, 1.54) is 41.3 Å². The van der Waals surface area contributed by atoms with Gasteiger partial charge in [0.05, 0.1) is 35.6 Å². The van der Waals surface area contributed by atoms with Crippen molar-refractivity contribution < 1.29 is 19.1 Å². The van der Waals surface area contributed by atoms with Crippen LogP contribution in [0.3, 0.4) is 0 Å². The van der Waals surface area contributed by atoms with Crippen LogP contribution in [0.15, 0.2) is 29.4 Å². The number of ketones is 1. The zero-order chi connectivity index (χ0) is 22.1. The first-order valence-electron chi connectivity index (χ1n) is 9.66. The Morgan fingerprint density at radius 1 is 1.06 bits per heavy atom. The highest BCUT2D eigenvalue weighted by atomic mass is 32.1. The van der Waals surface area contributed by atoms with Gasteiger partial charge in [-0.2, -0.15) is 0 Å². The van der Waals surface area contributed by atoms with Crippen molar-refractivity contribution in [3.05, 3.63) is 51.4 Å². The number of aromatic nitrogens is 4. The molecule has 0 aromatic carbocycles. The highest BCUT2D eigenvalue weighted by Crippen LogP contribution is 2.18. The Kier molecular flexibility index (Phi) is 8.30. The number of amides is 1. The first kappa shape index (κ1) is 22.6. The minimum absolute atomic E-state index is 0.0698. The zero-order valence-electron chi connectivity index (χ0n) is 16.9. The fourth-order valence-corrected chi connectivity index (χ4v) is 4.20. The van der Waals surface area contributed by atoms with Gasteiger partial charge in [-0.15, -0.1) is 22.7 Å². The molecule has 1 N–H and O–H groups in total. The van der Waals surface area contributed by atoms with E-state index in [2.05, 4.69) is 25.3 Å². The minimum Gasteiger partial charge on any atom is -0.466 e. The zero-order valence-corrected chi connectivity index (χ0v) is 18.5. The first-order valence-corrected chi connectivity index (χ1v) is 11.4. The normalized spacial score (nSPS) is 10.6. The van der Waals surface area contributed by atoms with E-state index in [-0.39, 0.29) is 30.3 Å². The summed E-state index contributed by atoms with van der Waals surface area (Å²) in [5.41, 5.74) is 1.52. The lowest BCUT2D eigenvalue weighted by molar-refractivity contribution is -0.142. The molecular weight excluding hydrogens is 438 g/mol. The third-order valence-corrected chi connectivity index (χ3v) is 5.79. The van der Waals surface area contributed by atoms with E-state index in [4.69, 9.17) is 4.74 Å². The summed E-state index contributed by atoms with van der Waals surface area (Å²) < 4.78 is 4.92. The average Bonchev–Trinajstić information content (AvgIpc) is 3.38. The number of aryl methyl sites for hydroxylation is 1. The van der Waals surface area contributed by atoms with Crippen LogP contribution in [0.2, 0.25) is 0 Å². The predicted molar refractivity (Wildman–Crippen MR) is 116 cm³/mol. The van der Waals surface area contributed by atoms with Crippen molar-refractivity contribution in [2.45, 2.75) is 39.0 Å². The van der Waals surface area contributed by atoms with Gasteiger partial charge in [0.25, 0.3) is 5.91 Å². The number of Topliss-reactive ketones (excluding diaryl/α,β-unsaturated/α-hetero) is 1. The number of anilines is 1. The van der Waals surface area contributed by atoms with Gasteiger partial charge in [-0.05, 0) is 19.8 Å². The molecule has 0 saturated heterocycles. The molecule has 0 radical (unpaired) electrons. The number of carbonyl (C=O) groups excluding carboxylic acids is 3. The Morgan fingerprint density at radius 3 is 2.65 bits per heavy atom. The molecule has 0 spiro atoms. The summed E-state index contributed by atoms with van der Waals surface area (Å²) in [6.07, 6.45) is 6.43. The molecule has 3 rings (SSSR count). The smallest absolute Gasteiger partial charge is 0.311 e. The number of thiazole rings is 2. The van der Waals surface area contributed by atoms with Crippen LogP contribution in [0.1, 0.15) is 46.6 Å². The summed E-state index contributed by atoms with van der Waals surface area (Å²) in [7, 11) is 0. The number of ether oxygens (including phenoxy) is 1. The van der Waals surface area contributed by atoms with Gasteiger partial charge in [-0.1, -0.05) is 0 Å². The van der Waals surface area contributed by atoms with E-state index in [0.29, 0.717) is 42.4 Å². The van der Waals surface area contributed by atoms with Crippen LogP contribution in [-0.4, -0.2) is 44.2 Å². The lowest BCUT2D eigenvalue weighted by Crippen LogP contribution is -2.13. The Morgan fingerprint density at radius 2 is 1.87 bits per heavy atom. The molecule has 3 heterocycles. The van der Waals surface area contributed by atoms with Gasteiger partial charge >= 0.3 is 5.97 Å². The molecule has 0 saturated carbocycles. The van der Waals surface area contributed by atoms with Crippen molar-refractivity contribution in [2.75, 3.05) is 11.9 Å². The Labute approximate surface area is 187 Å². The van der Waals surface area contributed by atoms with Gasteiger partial charge < -0.3 is 4.74 Å². The SMILES string of the molecule is CCOC(=O)Cc1csc(CCCC(=O)Cc2csc(NC(=O)c3cnccn3)n2)n1. The topological polar surface area (TPSA) is 124 Å². The molecule has 0 aliphatic carbocycles. The van der Waals surface area contributed by atoms with E-state index < -0.39 is 5.91 Å². The standard InChI is InChI=1S/C20H21N5O4S2/c1-2-29-18(27)9-14-11-30-17(23-14)5-3-4-15(26)8-13-12-31-20(24-13)25-19(28)16-10-21-6-7-22-16/h6-7,10-12H,2-5,8-9H2,1H3,(H,24,25,28). The number of nitrogens with one attached hydrogen (secondary N) is 1. The molecule has 0 unspecified atom stereocenters. The lowest BCUT2D eigenvalue weighted by atomic mass is 10.1. The van der Waals surface area contributed by atoms with Gasteiger partial charge in [-0.25, -0.2) is 15.0 Å². The second kappa shape index (κ2) is 11.4. The van der Waals surface area contributed by atoms with Crippen molar-refractivity contribution in [2.24, 2.45) is 0 Å². The van der Waals surface area contributed by atoms with Crippen LogP contribution in [0.5, 0.6) is 0 Å². The number of carbonyl (C=O) groups is 3. The lowest BCUT2D eigenvalue weighted by Gasteiger charge is -2.00. The molecule has 0 fully saturated rings. The van der Waals surface area contributed by atoms with Crippen LogP contribution in [0, 0.1) is 0 Å². The fraction of sp³-hybridized carbons (Fsp3) is 0.350. The Hall–Kier alpha value is -3.05. The van der Waals surface area contributed by atoms with E-state index in [9.17, 15) is 14.4 Å². The molecule has 9 nitrogen and oxygen atoms in total. The molecule has 0 bridgehead atoms. The van der Waals surface area contributed by atoms with Gasteiger partial charge in [0, 0.05) is 36.0 Å². The maximum atomic E-state index is 12.3. The number of rotatable bonds is 11. The summed E-state index contributed by atoms with van der Waals surface area (Å²) in [5.74, 6) is -0.614. The van der Waals surface area contributed by atoms with Crippen molar-refractivity contribution in [1.82, 2.24) is 19.9 Å². The van der Waals surface area contributed by atoms with Crippen molar-refractivity contribution in [1.29, 1.82) is 0 Å². The Balaban J connectivity index is 1.40. The van der Waals surface area contributed by atoms with E-state index >= 15 is 0 Å². The molecule has 3 aromatic heterocycles. The average molecular weight is 460 g/mol. The molecule has 0 atom stereocenters. The molecule has 0 aliphatic rings. The van der Waals surface area contributed by atoms with Crippen molar-refractivity contribution in [3.63, 3.8) is 0 Å². The predicted octanol–water partition coefficient (Wildman–Crippen LogP) is 2.88. The highest BCUT2D eigenvalue weighted by molar-refractivity contribution is 7.14. The summed E-state index contributed by atoms with van der Waals surface area (Å²) in [6, 6.07) is 0. The van der Waals surface area contributed by atoms with E-state index in [1.807, 2.05) is 5.38 Å². The summed E-state index contributed by atoms with van der Waals surface area (Å²) >= 11 is 2.74. The van der Waals surface area contributed by atoms with Gasteiger partial charge in [0.1, 0.15) is 11.5 Å². The van der Waals surface area contributed by atoms with E-state index in [0.717, 1.165) is 5.01 Å². The van der Waals surface area contributed by atoms with Gasteiger partial charge in [-0.3, -0.25) is 24.7 Å². The Bertz CT molecular complexity index is 1040. The molecule has 0 aliphatic heterocycles. The maximum absolute atomic E-state index is 12.3. The number of hydrogen-bond acceptors (Lipinski definition) is 10. The minimum atomic E-state index is -0.397.